The van der Waals surface area contributed by atoms with Crippen molar-refractivity contribution in [2.75, 3.05) is 70.5 Å². The molecular weight excluding hydrogens is 1000 g/mol. The van der Waals surface area contributed by atoms with Crippen molar-refractivity contribution in [2.45, 2.75) is 56.0 Å². The number of hydrogen-bond acceptors (Lipinski definition) is 17. The van der Waals surface area contributed by atoms with Gasteiger partial charge in [-0.25, -0.2) is 24.5 Å². The predicted octanol–water partition coefficient (Wildman–Crippen LogP) is 4.47. The van der Waals surface area contributed by atoms with Crippen LogP contribution in [0.5, 0.6) is 5.75 Å². The number of piperazine rings is 1. The molecule has 0 saturated carbocycles. The van der Waals surface area contributed by atoms with E-state index in [4.69, 9.17) is 23.7 Å². The number of aromatic nitrogens is 2. The second-order valence-corrected chi connectivity index (χ2v) is 19.4. The molecule has 2 N–H and O–H groups in total. The minimum atomic E-state index is -2.28. The SMILES string of the molecule is COC(=O)C(CC#Cc1ccc2c(c1)C1(C(=O)N2C(=O)NC(C(=O)OC)C(C)C)C(C(=O)N2CCN(c3ncccn3)CC2)C2C(=O)OC(c3ccccc3)C(c3ccccc3)N2C1c1ccccc1OCCO)C(=O)OC. The topological polar surface area (TPSA) is 237 Å². The number of hydrogen-bond donors (Lipinski definition) is 2. The highest BCUT2D eigenvalue weighted by Crippen LogP contribution is 2.67. The molecule has 404 valence electrons. The zero-order valence-corrected chi connectivity index (χ0v) is 43.6. The molecule has 0 radical (unpaired) electrons. The molecule has 3 fully saturated rings. The number of amides is 4. The van der Waals surface area contributed by atoms with Gasteiger partial charge in [0.15, 0.2) is 5.92 Å². The van der Waals surface area contributed by atoms with Crippen LogP contribution >= 0.6 is 0 Å². The Bertz CT molecular complexity index is 3110. The Morgan fingerprint density at radius 1 is 0.782 bits per heavy atom. The summed E-state index contributed by atoms with van der Waals surface area (Å²) in [4.78, 5) is 119. The van der Waals surface area contributed by atoms with E-state index in [2.05, 4.69) is 27.1 Å². The number of benzene rings is 4. The zero-order valence-electron chi connectivity index (χ0n) is 43.6. The maximum atomic E-state index is 17.0. The number of aliphatic hydroxyl groups excluding tert-OH is 1. The Morgan fingerprint density at radius 2 is 1.41 bits per heavy atom. The number of para-hydroxylation sites is 1. The van der Waals surface area contributed by atoms with Gasteiger partial charge in [-0.1, -0.05) is 105 Å². The van der Waals surface area contributed by atoms with Crippen molar-refractivity contribution in [1.82, 2.24) is 25.1 Å². The molecule has 1 aromatic heterocycles. The first-order chi connectivity index (χ1) is 37.8. The molecule has 4 aromatic carbocycles. The van der Waals surface area contributed by atoms with Crippen molar-refractivity contribution in [3.8, 4) is 17.6 Å². The number of rotatable bonds is 14. The van der Waals surface area contributed by atoms with Crippen LogP contribution in [0.15, 0.2) is 122 Å². The Labute approximate surface area is 450 Å². The number of morpholine rings is 1. The molecule has 9 rings (SSSR count). The van der Waals surface area contributed by atoms with E-state index in [1.165, 1.54) is 19.2 Å². The molecule has 3 saturated heterocycles. The van der Waals surface area contributed by atoms with Crippen molar-refractivity contribution in [2.24, 2.45) is 17.8 Å². The summed E-state index contributed by atoms with van der Waals surface area (Å²) in [6.07, 6.45) is 1.87. The van der Waals surface area contributed by atoms with Crippen LogP contribution in [-0.2, 0) is 53.1 Å². The van der Waals surface area contributed by atoms with Crippen molar-refractivity contribution in [1.29, 1.82) is 0 Å². The van der Waals surface area contributed by atoms with E-state index in [0.29, 0.717) is 22.6 Å². The summed E-state index contributed by atoms with van der Waals surface area (Å²) >= 11 is 0. The van der Waals surface area contributed by atoms with Crippen molar-refractivity contribution >= 4 is 53.4 Å². The second-order valence-electron chi connectivity index (χ2n) is 19.4. The zero-order chi connectivity index (χ0) is 55.3. The van der Waals surface area contributed by atoms with Gasteiger partial charge in [0, 0.05) is 56.1 Å². The van der Waals surface area contributed by atoms with Gasteiger partial charge in [-0.15, -0.1) is 0 Å². The van der Waals surface area contributed by atoms with E-state index in [0.717, 1.165) is 19.1 Å². The summed E-state index contributed by atoms with van der Waals surface area (Å²) < 4.78 is 27.9. The molecule has 4 aliphatic rings. The summed E-state index contributed by atoms with van der Waals surface area (Å²) in [6, 6.07) is 25.4. The Kier molecular flexibility index (Phi) is 16.2. The number of aliphatic hydroxyl groups is 1. The minimum Gasteiger partial charge on any atom is -0.491 e. The number of anilines is 2. The molecule has 20 nitrogen and oxygen atoms in total. The summed E-state index contributed by atoms with van der Waals surface area (Å²) in [5.41, 5.74) is -0.344. The molecule has 78 heavy (non-hydrogen) atoms. The number of carbonyl (C=O) groups excluding carboxylic acids is 7. The van der Waals surface area contributed by atoms with E-state index in [1.807, 2.05) is 70.5 Å². The number of nitrogens with one attached hydrogen (secondary N) is 1. The number of nitrogens with zero attached hydrogens (tertiary/aromatic N) is 6. The van der Waals surface area contributed by atoms with Gasteiger partial charge < -0.3 is 43.9 Å². The van der Waals surface area contributed by atoms with Crippen LogP contribution in [0, 0.1) is 29.6 Å². The van der Waals surface area contributed by atoms with Gasteiger partial charge in [0.05, 0.1) is 51.6 Å². The average Bonchev–Trinajstić information content (AvgIpc) is 2.60. The van der Waals surface area contributed by atoms with Gasteiger partial charge >= 0.3 is 29.9 Å². The van der Waals surface area contributed by atoms with Crippen LogP contribution in [0.2, 0.25) is 0 Å². The molecule has 1 spiro atoms. The van der Waals surface area contributed by atoms with Crippen molar-refractivity contribution in [3.63, 3.8) is 0 Å². The largest absolute Gasteiger partial charge is 0.491 e. The van der Waals surface area contributed by atoms with E-state index in [-0.39, 0.29) is 61.8 Å². The van der Waals surface area contributed by atoms with Crippen molar-refractivity contribution in [3.05, 3.63) is 149 Å². The molecule has 5 heterocycles. The summed E-state index contributed by atoms with van der Waals surface area (Å²) in [6.45, 7) is 3.58. The predicted molar refractivity (Wildman–Crippen MR) is 280 cm³/mol. The van der Waals surface area contributed by atoms with Crippen LogP contribution in [0.25, 0.3) is 0 Å². The molecule has 4 amide bonds. The molecule has 4 aliphatic heterocycles. The van der Waals surface area contributed by atoms with Gasteiger partial charge in [-0.2, -0.15) is 0 Å². The van der Waals surface area contributed by atoms with Gasteiger partial charge in [-0.05, 0) is 52.9 Å². The highest BCUT2D eigenvalue weighted by atomic mass is 16.6. The van der Waals surface area contributed by atoms with Crippen LogP contribution in [0.3, 0.4) is 0 Å². The molecule has 0 bridgehead atoms. The maximum Gasteiger partial charge on any atom is 0.329 e. The lowest BCUT2D eigenvalue weighted by Crippen LogP contribution is -2.60. The lowest BCUT2D eigenvalue weighted by atomic mass is 9.64. The van der Waals surface area contributed by atoms with E-state index in [9.17, 15) is 19.5 Å². The normalized spacial score (nSPS) is 21.9. The minimum absolute atomic E-state index is 0.00380. The molecular formula is C58H59N7O13. The number of carbonyl (C=O) groups is 7. The molecule has 20 heteroatoms. The highest BCUT2D eigenvalue weighted by Gasteiger charge is 2.76. The average molecular weight is 1060 g/mol. The maximum absolute atomic E-state index is 17.0. The highest BCUT2D eigenvalue weighted by molar-refractivity contribution is 6.25. The number of ether oxygens (including phenoxy) is 5. The summed E-state index contributed by atoms with van der Waals surface area (Å²) in [5.74, 6) is -1.91. The van der Waals surface area contributed by atoms with Crippen LogP contribution in [0.1, 0.15) is 66.3 Å². The third-order valence-electron chi connectivity index (χ3n) is 14.8. The number of cyclic esters (lactones) is 1. The molecule has 7 unspecified atom stereocenters. The lowest BCUT2D eigenvalue weighted by Gasteiger charge is -2.46. The third-order valence-corrected chi connectivity index (χ3v) is 14.8. The van der Waals surface area contributed by atoms with Gasteiger partial charge in [0.2, 0.25) is 17.8 Å². The van der Waals surface area contributed by atoms with E-state index in [1.54, 1.807) is 67.5 Å². The summed E-state index contributed by atoms with van der Waals surface area (Å²) in [7, 11) is 3.44. The third kappa shape index (κ3) is 9.86. The number of esters is 4. The first kappa shape index (κ1) is 54.1. The standard InChI is InChI=1S/C58H59N7O13/c1-35(2)45(53(70)76-5)61-57(73)64-42-25-24-36(16-14-22-40(51(68)74-3)52(69)75-4)34-41(42)58(55(64)72)44(50(67)62-28-30-63(31-29-62)56-59-26-15-27-60-56)47-54(71)78-48(38-19-10-7-11-20-38)46(37-17-8-6-9-18-37)65(47)49(58)39-21-12-13-23-43(39)77-33-32-66/h6-13,15,17-21,23-27,34-35,40,44-49,66H,22,28-33H2,1-5H3,(H,61,73). The number of methoxy groups -OCH3 is 3. The smallest absolute Gasteiger partial charge is 0.329 e. The molecule has 5 aromatic rings. The van der Waals surface area contributed by atoms with Crippen LogP contribution < -0.4 is 19.9 Å². The number of fused-ring (bicyclic) bond motifs is 3. The van der Waals surface area contributed by atoms with Crippen molar-refractivity contribution < 1.29 is 62.4 Å². The van der Waals surface area contributed by atoms with Crippen LogP contribution in [0.4, 0.5) is 16.4 Å². The van der Waals surface area contributed by atoms with Gasteiger partial charge in [-0.3, -0.25) is 28.9 Å². The first-order valence-electron chi connectivity index (χ1n) is 25.5. The Balaban J connectivity index is 1.35. The Hall–Kier alpha value is -8.67. The van der Waals surface area contributed by atoms with Gasteiger partial charge in [0.25, 0.3) is 0 Å². The summed E-state index contributed by atoms with van der Waals surface area (Å²) in [5, 5.41) is 13.0. The second kappa shape index (κ2) is 23.3. The lowest BCUT2D eigenvalue weighted by molar-refractivity contribution is -0.179. The quantitative estimate of drug-likeness (QED) is 0.0675. The number of urea groups is 1. The molecule has 7 atom stereocenters. The fourth-order valence-electron chi connectivity index (χ4n) is 11.3. The monoisotopic (exact) mass is 1060 g/mol. The van der Waals surface area contributed by atoms with E-state index >= 15 is 19.2 Å². The fourth-order valence-corrected chi connectivity index (χ4v) is 11.3. The number of imide groups is 1. The Morgan fingerprint density at radius 3 is 2.04 bits per heavy atom. The van der Waals surface area contributed by atoms with E-state index < -0.39 is 102 Å². The fraction of sp³-hybridized carbons (Fsp3) is 0.362. The van der Waals surface area contributed by atoms with Crippen LogP contribution in [-0.4, -0.2) is 139 Å². The van der Waals surface area contributed by atoms with Gasteiger partial charge in [0.1, 0.15) is 36.0 Å². The first-order valence-corrected chi connectivity index (χ1v) is 25.5. The molecule has 0 aliphatic carbocycles.